The molecule has 0 aliphatic heterocycles. The summed E-state index contributed by atoms with van der Waals surface area (Å²) in [4.78, 5) is 11.7. The molecule has 4 nitrogen and oxygen atoms in total. The van der Waals surface area contributed by atoms with Crippen molar-refractivity contribution in [2.24, 2.45) is 0 Å². The lowest BCUT2D eigenvalue weighted by atomic mass is 10.1. The number of carbonyl (C=O) groups is 1. The molecule has 2 N–H and O–H groups in total. The van der Waals surface area contributed by atoms with Crippen molar-refractivity contribution in [3.63, 3.8) is 0 Å². The van der Waals surface area contributed by atoms with Crippen LogP contribution in [0.5, 0.6) is 11.5 Å². The Morgan fingerprint density at radius 2 is 2.31 bits per heavy atom. The summed E-state index contributed by atoms with van der Waals surface area (Å²) in [7, 11) is 1.49. The summed E-state index contributed by atoms with van der Waals surface area (Å²) in [5.74, 6) is 0.0614. The van der Waals surface area contributed by atoms with Gasteiger partial charge in [-0.1, -0.05) is 0 Å². The van der Waals surface area contributed by atoms with E-state index in [0.717, 1.165) is 0 Å². The molecule has 0 aliphatic carbocycles. The molecule has 1 aromatic rings. The van der Waals surface area contributed by atoms with E-state index in [1.165, 1.54) is 19.2 Å². The number of hydrogen-bond acceptors (Lipinski definition) is 3. The van der Waals surface area contributed by atoms with Gasteiger partial charge in [0.05, 0.1) is 12.7 Å². The van der Waals surface area contributed by atoms with E-state index < -0.39 is 0 Å². The van der Waals surface area contributed by atoms with Crippen LogP contribution in [0.3, 0.4) is 0 Å². The number of ether oxygens (including phenoxy) is 1. The SMILES string of the molecule is COc1ccc(O)c(C(=O)NCC(C)Cl)c1. The van der Waals surface area contributed by atoms with E-state index in [-0.39, 0.29) is 22.6 Å². The van der Waals surface area contributed by atoms with Crippen LogP contribution in [-0.4, -0.2) is 30.0 Å². The molecular formula is C11H14ClNO3. The van der Waals surface area contributed by atoms with E-state index in [4.69, 9.17) is 16.3 Å². The number of hydrogen-bond donors (Lipinski definition) is 2. The molecular weight excluding hydrogens is 230 g/mol. The van der Waals surface area contributed by atoms with Gasteiger partial charge < -0.3 is 15.2 Å². The second-order valence-corrected chi connectivity index (χ2v) is 4.12. The Morgan fingerprint density at radius 1 is 1.62 bits per heavy atom. The smallest absolute Gasteiger partial charge is 0.255 e. The van der Waals surface area contributed by atoms with Gasteiger partial charge in [-0.3, -0.25) is 4.79 Å². The van der Waals surface area contributed by atoms with Crippen molar-refractivity contribution in [1.29, 1.82) is 0 Å². The molecule has 0 radical (unpaired) electrons. The maximum absolute atomic E-state index is 11.7. The van der Waals surface area contributed by atoms with Gasteiger partial charge in [0.15, 0.2) is 0 Å². The predicted octanol–water partition coefficient (Wildman–Crippen LogP) is 1.76. The van der Waals surface area contributed by atoms with E-state index in [0.29, 0.717) is 12.3 Å². The number of aromatic hydroxyl groups is 1. The number of benzene rings is 1. The standard InChI is InChI=1S/C11H14ClNO3/c1-7(12)6-13-11(15)9-5-8(16-2)3-4-10(9)14/h3-5,7,14H,6H2,1-2H3,(H,13,15). The summed E-state index contributed by atoms with van der Waals surface area (Å²) < 4.78 is 4.97. The summed E-state index contributed by atoms with van der Waals surface area (Å²) >= 11 is 5.71. The zero-order valence-corrected chi connectivity index (χ0v) is 9.91. The van der Waals surface area contributed by atoms with Crippen molar-refractivity contribution < 1.29 is 14.6 Å². The van der Waals surface area contributed by atoms with Crippen molar-refractivity contribution in [3.8, 4) is 11.5 Å². The van der Waals surface area contributed by atoms with E-state index in [1.54, 1.807) is 13.0 Å². The Bertz CT molecular complexity index is 379. The van der Waals surface area contributed by atoms with E-state index in [2.05, 4.69) is 5.32 Å². The first-order valence-corrected chi connectivity index (χ1v) is 5.27. The normalized spacial score (nSPS) is 11.9. The lowest BCUT2D eigenvalue weighted by Crippen LogP contribution is -2.28. The minimum absolute atomic E-state index is 0.0828. The van der Waals surface area contributed by atoms with Gasteiger partial charge >= 0.3 is 0 Å². The van der Waals surface area contributed by atoms with E-state index in [1.807, 2.05) is 0 Å². The Morgan fingerprint density at radius 3 is 2.88 bits per heavy atom. The van der Waals surface area contributed by atoms with Crippen LogP contribution in [0.25, 0.3) is 0 Å². The summed E-state index contributed by atoms with van der Waals surface area (Å²) in [5.41, 5.74) is 0.177. The fraction of sp³-hybridized carbons (Fsp3) is 0.364. The molecule has 1 aromatic carbocycles. The van der Waals surface area contributed by atoms with Gasteiger partial charge in [0.25, 0.3) is 5.91 Å². The fourth-order valence-corrected chi connectivity index (χ4v) is 1.23. The Kier molecular flexibility index (Phi) is 4.43. The number of alkyl halides is 1. The van der Waals surface area contributed by atoms with Gasteiger partial charge in [-0.05, 0) is 25.1 Å². The molecule has 0 aromatic heterocycles. The maximum atomic E-state index is 11.7. The zero-order chi connectivity index (χ0) is 12.1. The molecule has 0 spiro atoms. The van der Waals surface area contributed by atoms with Gasteiger partial charge in [-0.15, -0.1) is 11.6 Å². The van der Waals surface area contributed by atoms with E-state index >= 15 is 0 Å². The van der Waals surface area contributed by atoms with Crippen LogP contribution in [-0.2, 0) is 0 Å². The molecule has 1 atom stereocenters. The number of phenolic OH excluding ortho intramolecular Hbond substituents is 1. The molecule has 0 heterocycles. The molecule has 0 aliphatic rings. The van der Waals surface area contributed by atoms with Crippen LogP contribution in [0.15, 0.2) is 18.2 Å². The van der Waals surface area contributed by atoms with Gasteiger partial charge in [0.1, 0.15) is 11.5 Å². The quantitative estimate of drug-likeness (QED) is 0.793. The summed E-state index contributed by atoms with van der Waals surface area (Å²) in [6, 6.07) is 4.47. The van der Waals surface area contributed by atoms with Crippen LogP contribution in [0.1, 0.15) is 17.3 Å². The van der Waals surface area contributed by atoms with Crippen LogP contribution in [0.2, 0.25) is 0 Å². The first-order chi connectivity index (χ1) is 7.54. The third-order valence-corrected chi connectivity index (χ3v) is 2.15. The predicted molar refractivity (Wildman–Crippen MR) is 62.3 cm³/mol. The van der Waals surface area contributed by atoms with Crippen LogP contribution in [0.4, 0.5) is 0 Å². The largest absolute Gasteiger partial charge is 0.507 e. The highest BCUT2D eigenvalue weighted by Crippen LogP contribution is 2.22. The molecule has 5 heteroatoms. The van der Waals surface area contributed by atoms with Crippen LogP contribution < -0.4 is 10.1 Å². The Labute approximate surface area is 99.2 Å². The Hall–Kier alpha value is -1.42. The average Bonchev–Trinajstić information content (AvgIpc) is 2.26. The number of nitrogens with one attached hydrogen (secondary N) is 1. The minimum atomic E-state index is -0.371. The highest BCUT2D eigenvalue weighted by atomic mass is 35.5. The van der Waals surface area contributed by atoms with Crippen LogP contribution >= 0.6 is 11.6 Å². The average molecular weight is 244 g/mol. The van der Waals surface area contributed by atoms with Crippen molar-refractivity contribution >= 4 is 17.5 Å². The second kappa shape index (κ2) is 5.61. The summed E-state index contributed by atoms with van der Waals surface area (Å²) in [6.45, 7) is 2.12. The molecule has 16 heavy (non-hydrogen) atoms. The van der Waals surface area contributed by atoms with E-state index in [9.17, 15) is 9.90 Å². The first kappa shape index (κ1) is 12.6. The number of amides is 1. The lowest BCUT2D eigenvalue weighted by molar-refractivity contribution is 0.0951. The molecule has 1 rings (SSSR count). The molecule has 0 saturated carbocycles. The lowest BCUT2D eigenvalue weighted by Gasteiger charge is -2.09. The highest BCUT2D eigenvalue weighted by molar-refractivity contribution is 6.20. The van der Waals surface area contributed by atoms with Crippen molar-refractivity contribution in [2.75, 3.05) is 13.7 Å². The van der Waals surface area contributed by atoms with Gasteiger partial charge in [0, 0.05) is 11.9 Å². The zero-order valence-electron chi connectivity index (χ0n) is 9.16. The number of rotatable bonds is 4. The third kappa shape index (κ3) is 3.31. The highest BCUT2D eigenvalue weighted by Gasteiger charge is 2.12. The number of halogens is 1. The number of carbonyl (C=O) groups excluding carboxylic acids is 1. The van der Waals surface area contributed by atoms with Gasteiger partial charge in [-0.2, -0.15) is 0 Å². The molecule has 0 saturated heterocycles. The topological polar surface area (TPSA) is 58.6 Å². The number of methoxy groups -OCH3 is 1. The maximum Gasteiger partial charge on any atom is 0.255 e. The van der Waals surface area contributed by atoms with Crippen molar-refractivity contribution in [1.82, 2.24) is 5.32 Å². The molecule has 1 amide bonds. The van der Waals surface area contributed by atoms with Crippen LogP contribution in [0, 0.1) is 0 Å². The minimum Gasteiger partial charge on any atom is -0.507 e. The monoisotopic (exact) mass is 243 g/mol. The summed E-state index contributed by atoms with van der Waals surface area (Å²) in [5, 5.41) is 12.0. The molecule has 0 bridgehead atoms. The fourth-order valence-electron chi connectivity index (χ4n) is 1.15. The number of phenols is 1. The Balaban J connectivity index is 2.81. The molecule has 1 unspecified atom stereocenters. The first-order valence-electron chi connectivity index (χ1n) is 4.84. The molecule has 0 fully saturated rings. The van der Waals surface area contributed by atoms with Crippen molar-refractivity contribution in [2.45, 2.75) is 12.3 Å². The van der Waals surface area contributed by atoms with Gasteiger partial charge in [-0.25, -0.2) is 0 Å². The second-order valence-electron chi connectivity index (χ2n) is 3.37. The summed E-state index contributed by atoms with van der Waals surface area (Å²) in [6.07, 6.45) is 0. The van der Waals surface area contributed by atoms with Gasteiger partial charge in [0.2, 0.25) is 0 Å². The van der Waals surface area contributed by atoms with Crippen molar-refractivity contribution in [3.05, 3.63) is 23.8 Å². The third-order valence-electron chi connectivity index (χ3n) is 1.99. The molecule has 88 valence electrons.